The molecule has 0 bridgehead atoms. The molecule has 0 aromatic heterocycles. The molecule has 1 rings (SSSR count). The molecular formula is C18H30O4S. The van der Waals surface area contributed by atoms with Crippen LogP contribution in [0.2, 0.25) is 0 Å². The van der Waals surface area contributed by atoms with Crippen LogP contribution >= 0.6 is 0 Å². The van der Waals surface area contributed by atoms with Gasteiger partial charge in [-0.25, -0.2) is 0 Å². The van der Waals surface area contributed by atoms with Crippen LogP contribution in [0.5, 0.6) is 5.75 Å². The molecule has 1 aromatic rings. The number of aryl methyl sites for hydroxylation is 1. The van der Waals surface area contributed by atoms with Crippen LogP contribution in [-0.2, 0) is 31.6 Å². The molecule has 0 heterocycles. The van der Waals surface area contributed by atoms with Gasteiger partial charge < -0.3 is 5.11 Å². The zero-order valence-electron chi connectivity index (χ0n) is 15.4. The van der Waals surface area contributed by atoms with Gasteiger partial charge in [-0.2, -0.15) is 8.42 Å². The lowest BCUT2D eigenvalue weighted by molar-refractivity contribution is 0.316. The Hall–Kier alpha value is -1.07. The van der Waals surface area contributed by atoms with E-state index in [0.717, 1.165) is 22.9 Å². The van der Waals surface area contributed by atoms with Crippen LogP contribution in [0.25, 0.3) is 0 Å². The molecule has 0 atom stereocenters. The average Bonchev–Trinajstić information content (AvgIpc) is 2.32. The Balaban J connectivity index is 3.09. The first-order valence-corrected chi connectivity index (χ1v) is 9.75. The second kappa shape index (κ2) is 6.81. The summed E-state index contributed by atoms with van der Waals surface area (Å²) in [7, 11) is -3.39. The largest absolute Gasteiger partial charge is 0.507 e. The monoisotopic (exact) mass is 342 g/mol. The molecule has 0 aliphatic carbocycles. The molecule has 23 heavy (non-hydrogen) atoms. The number of hydrogen-bond acceptors (Lipinski definition) is 4. The van der Waals surface area contributed by atoms with Crippen molar-refractivity contribution in [1.82, 2.24) is 0 Å². The van der Waals surface area contributed by atoms with E-state index in [0.29, 0.717) is 18.6 Å². The van der Waals surface area contributed by atoms with Gasteiger partial charge in [-0.1, -0.05) is 53.7 Å². The van der Waals surface area contributed by atoms with Crippen molar-refractivity contribution in [2.45, 2.75) is 65.2 Å². The van der Waals surface area contributed by atoms with Gasteiger partial charge in [0.1, 0.15) is 5.75 Å². The third kappa shape index (κ3) is 6.15. The van der Waals surface area contributed by atoms with Gasteiger partial charge in [-0.3, -0.25) is 4.18 Å². The van der Waals surface area contributed by atoms with Crippen molar-refractivity contribution in [3.63, 3.8) is 0 Å². The molecular weight excluding hydrogens is 312 g/mol. The Morgan fingerprint density at radius 3 is 1.78 bits per heavy atom. The highest BCUT2D eigenvalue weighted by molar-refractivity contribution is 7.85. The smallest absolute Gasteiger partial charge is 0.264 e. The average molecular weight is 343 g/mol. The number of phenols is 1. The third-order valence-corrected chi connectivity index (χ3v) is 4.29. The maximum absolute atomic E-state index is 11.0. The Morgan fingerprint density at radius 1 is 1.00 bits per heavy atom. The van der Waals surface area contributed by atoms with Crippen molar-refractivity contribution >= 4 is 10.1 Å². The summed E-state index contributed by atoms with van der Waals surface area (Å²) in [6.45, 7) is 12.6. The first-order chi connectivity index (χ1) is 10.2. The fourth-order valence-electron chi connectivity index (χ4n) is 2.47. The fraction of sp³-hybridized carbons (Fsp3) is 0.667. The van der Waals surface area contributed by atoms with Crippen LogP contribution in [0.4, 0.5) is 0 Å². The molecule has 1 aromatic carbocycles. The molecule has 0 unspecified atom stereocenters. The van der Waals surface area contributed by atoms with Crippen LogP contribution in [0.15, 0.2) is 12.1 Å². The van der Waals surface area contributed by atoms with Gasteiger partial charge in [0.05, 0.1) is 12.9 Å². The van der Waals surface area contributed by atoms with Crippen molar-refractivity contribution in [1.29, 1.82) is 0 Å². The normalized spacial score (nSPS) is 13.3. The zero-order valence-corrected chi connectivity index (χ0v) is 16.2. The van der Waals surface area contributed by atoms with Crippen LogP contribution in [0.1, 0.15) is 64.7 Å². The number of aromatic hydroxyl groups is 1. The van der Waals surface area contributed by atoms with Crippen LogP contribution in [0.3, 0.4) is 0 Å². The molecule has 0 amide bonds. The van der Waals surface area contributed by atoms with Crippen molar-refractivity contribution < 1.29 is 17.7 Å². The molecule has 1 N–H and O–H groups in total. The van der Waals surface area contributed by atoms with E-state index >= 15 is 0 Å². The lowest BCUT2D eigenvalue weighted by Gasteiger charge is -2.28. The van der Waals surface area contributed by atoms with E-state index < -0.39 is 10.1 Å². The maximum atomic E-state index is 11.0. The fourth-order valence-corrected chi connectivity index (χ4v) is 2.89. The van der Waals surface area contributed by atoms with E-state index in [1.165, 1.54) is 0 Å². The van der Waals surface area contributed by atoms with E-state index in [1.54, 1.807) is 0 Å². The summed E-state index contributed by atoms with van der Waals surface area (Å²) < 4.78 is 26.8. The van der Waals surface area contributed by atoms with Gasteiger partial charge in [0.15, 0.2) is 0 Å². The van der Waals surface area contributed by atoms with E-state index in [2.05, 4.69) is 41.5 Å². The number of benzene rings is 1. The minimum Gasteiger partial charge on any atom is -0.507 e. The third-order valence-electron chi connectivity index (χ3n) is 3.69. The van der Waals surface area contributed by atoms with Gasteiger partial charge in [0, 0.05) is 0 Å². The summed E-state index contributed by atoms with van der Waals surface area (Å²) in [6, 6.07) is 4.04. The van der Waals surface area contributed by atoms with Gasteiger partial charge >= 0.3 is 0 Å². The Bertz CT molecular complexity index is 612. The number of hydrogen-bond donors (Lipinski definition) is 1. The van der Waals surface area contributed by atoms with E-state index in [-0.39, 0.29) is 17.4 Å². The van der Waals surface area contributed by atoms with Crippen LogP contribution in [-0.4, -0.2) is 26.4 Å². The molecule has 0 spiro atoms. The zero-order chi connectivity index (χ0) is 18.1. The van der Waals surface area contributed by atoms with Gasteiger partial charge in [-0.15, -0.1) is 0 Å². The lowest BCUT2D eigenvalue weighted by Crippen LogP contribution is -2.18. The highest BCUT2D eigenvalue weighted by Crippen LogP contribution is 2.39. The summed E-state index contributed by atoms with van der Waals surface area (Å²) >= 11 is 0. The standard InChI is InChI=1S/C18H30O4S/c1-17(2,3)14-11-13(9-8-10-22-23(7,20)21)12-15(16(14)19)18(4,5)6/h11-12,19H,8-10H2,1-7H3. The Kier molecular flexibility index (Phi) is 5.92. The van der Waals surface area contributed by atoms with Crippen molar-refractivity contribution in [2.75, 3.05) is 12.9 Å². The van der Waals surface area contributed by atoms with Gasteiger partial charge in [-0.05, 0) is 40.4 Å². The molecule has 0 saturated carbocycles. The maximum Gasteiger partial charge on any atom is 0.264 e. The summed E-state index contributed by atoms with van der Waals surface area (Å²) in [4.78, 5) is 0. The van der Waals surface area contributed by atoms with E-state index in [4.69, 9.17) is 4.18 Å². The van der Waals surface area contributed by atoms with E-state index in [9.17, 15) is 13.5 Å². The molecule has 0 radical (unpaired) electrons. The van der Waals surface area contributed by atoms with Gasteiger partial charge in [0.25, 0.3) is 10.1 Å². The topological polar surface area (TPSA) is 63.6 Å². The first kappa shape index (κ1) is 20.0. The van der Waals surface area contributed by atoms with Crippen molar-refractivity contribution in [2.24, 2.45) is 0 Å². The Morgan fingerprint density at radius 2 is 1.43 bits per heavy atom. The Labute approximate surface area is 141 Å². The number of rotatable bonds is 5. The number of phenolic OH excluding ortho intramolecular Hbond substituents is 1. The molecule has 0 saturated heterocycles. The highest BCUT2D eigenvalue weighted by Gasteiger charge is 2.26. The molecule has 0 aliphatic heterocycles. The van der Waals surface area contributed by atoms with Crippen molar-refractivity contribution in [3.8, 4) is 5.75 Å². The van der Waals surface area contributed by atoms with Gasteiger partial charge in [0.2, 0.25) is 0 Å². The molecule has 0 aliphatic rings. The molecule has 132 valence electrons. The summed E-state index contributed by atoms with van der Waals surface area (Å²) in [6.07, 6.45) is 2.38. The molecule has 0 fully saturated rings. The SMILES string of the molecule is CC(C)(C)c1cc(CCCOS(C)(=O)=O)cc(C(C)(C)C)c1O. The second-order valence-electron chi connectivity index (χ2n) is 8.17. The predicted octanol–water partition coefficient (Wildman–Crippen LogP) is 3.90. The summed E-state index contributed by atoms with van der Waals surface area (Å²) in [5.41, 5.74) is 2.61. The summed E-state index contributed by atoms with van der Waals surface area (Å²) in [5.74, 6) is 0.362. The lowest BCUT2D eigenvalue weighted by atomic mass is 9.78. The minimum atomic E-state index is -3.39. The van der Waals surface area contributed by atoms with Crippen molar-refractivity contribution in [3.05, 3.63) is 28.8 Å². The molecule has 4 nitrogen and oxygen atoms in total. The summed E-state index contributed by atoms with van der Waals surface area (Å²) in [5, 5.41) is 10.7. The quantitative estimate of drug-likeness (QED) is 0.651. The minimum absolute atomic E-state index is 0.163. The van der Waals surface area contributed by atoms with E-state index in [1.807, 2.05) is 12.1 Å². The predicted molar refractivity (Wildman–Crippen MR) is 94.6 cm³/mol. The first-order valence-electron chi connectivity index (χ1n) is 7.93. The van der Waals surface area contributed by atoms with Crippen LogP contribution in [0, 0.1) is 0 Å². The van der Waals surface area contributed by atoms with Crippen LogP contribution < -0.4 is 0 Å². The molecule has 5 heteroatoms. The highest BCUT2D eigenvalue weighted by atomic mass is 32.2. The second-order valence-corrected chi connectivity index (χ2v) is 9.81.